The lowest BCUT2D eigenvalue weighted by Gasteiger charge is -2.25. The van der Waals surface area contributed by atoms with Gasteiger partial charge in [-0.25, -0.2) is 19.2 Å². The minimum absolute atomic E-state index is 0.0878. The predicted molar refractivity (Wildman–Crippen MR) is 166 cm³/mol. The highest BCUT2D eigenvalue weighted by atomic mass is 32.2. The molecule has 6 N–H and O–H groups in total. The molecule has 2 saturated carbocycles. The Morgan fingerprint density at radius 3 is 2.50 bits per heavy atom. The SMILES string of the molecule is COc1c(NC(=O)c2ccc(C)c(N(N)/C=C(\N)c3cnc(C4CCC4)n3C)c2)cc(C2(C)CC2)cc1NS(C)(=O)=O. The van der Waals surface area contributed by atoms with E-state index >= 15 is 0 Å². The van der Waals surface area contributed by atoms with Crippen molar-refractivity contribution in [2.75, 3.05) is 28.4 Å². The molecule has 2 aliphatic carbocycles. The number of amides is 1. The third-order valence-corrected chi connectivity index (χ3v) is 8.94. The molecule has 5 rings (SSSR count). The van der Waals surface area contributed by atoms with Crippen LogP contribution in [0.5, 0.6) is 5.75 Å². The maximum atomic E-state index is 13.5. The molecule has 1 amide bonds. The average Bonchev–Trinajstić information content (AvgIpc) is 3.53. The van der Waals surface area contributed by atoms with Gasteiger partial charge in [-0.3, -0.25) is 14.5 Å². The maximum Gasteiger partial charge on any atom is 0.255 e. The highest BCUT2D eigenvalue weighted by Gasteiger charge is 2.40. The minimum Gasteiger partial charge on any atom is -0.492 e. The Morgan fingerprint density at radius 1 is 1.21 bits per heavy atom. The summed E-state index contributed by atoms with van der Waals surface area (Å²) >= 11 is 0. The smallest absolute Gasteiger partial charge is 0.255 e. The van der Waals surface area contributed by atoms with Gasteiger partial charge >= 0.3 is 0 Å². The van der Waals surface area contributed by atoms with Crippen LogP contribution in [-0.4, -0.2) is 37.2 Å². The predicted octanol–water partition coefficient (Wildman–Crippen LogP) is 4.32. The lowest BCUT2D eigenvalue weighted by atomic mass is 9.85. The Bertz CT molecular complexity index is 1670. The number of carbonyl (C=O) groups is 1. The number of rotatable bonds is 10. The first-order valence-corrected chi connectivity index (χ1v) is 15.8. The first-order chi connectivity index (χ1) is 19.8. The molecule has 0 aliphatic heterocycles. The van der Waals surface area contributed by atoms with Crippen molar-refractivity contribution in [3.8, 4) is 5.75 Å². The molecule has 0 saturated heterocycles. The summed E-state index contributed by atoms with van der Waals surface area (Å²) in [5, 5.41) is 4.32. The van der Waals surface area contributed by atoms with Gasteiger partial charge in [0.05, 0.1) is 48.0 Å². The molecule has 3 aromatic rings. The topological polar surface area (TPSA) is 158 Å². The summed E-state index contributed by atoms with van der Waals surface area (Å²) in [7, 11) is -0.199. The van der Waals surface area contributed by atoms with Crippen molar-refractivity contribution in [1.82, 2.24) is 9.55 Å². The molecule has 0 radical (unpaired) electrons. The number of benzene rings is 2. The number of carbonyl (C=O) groups excluding carboxylic acids is 1. The highest BCUT2D eigenvalue weighted by molar-refractivity contribution is 7.92. The second-order valence-electron chi connectivity index (χ2n) is 11.7. The average molecular weight is 594 g/mol. The number of aryl methyl sites for hydroxylation is 1. The summed E-state index contributed by atoms with van der Waals surface area (Å²) in [6, 6.07) is 8.81. The molecule has 0 bridgehead atoms. The number of hydrogen-bond acceptors (Lipinski definition) is 8. The van der Waals surface area contributed by atoms with Crippen LogP contribution in [0.15, 0.2) is 42.7 Å². The van der Waals surface area contributed by atoms with Crippen LogP contribution in [-0.2, 0) is 22.5 Å². The Labute approximate surface area is 247 Å². The molecule has 42 heavy (non-hydrogen) atoms. The number of anilines is 3. The van der Waals surface area contributed by atoms with Gasteiger partial charge < -0.3 is 20.4 Å². The third-order valence-electron chi connectivity index (χ3n) is 8.35. The maximum absolute atomic E-state index is 13.5. The molecular formula is C30H39N7O4S. The van der Waals surface area contributed by atoms with E-state index in [1.54, 1.807) is 30.6 Å². The van der Waals surface area contributed by atoms with E-state index in [0.717, 1.165) is 54.6 Å². The van der Waals surface area contributed by atoms with Gasteiger partial charge in [-0.2, -0.15) is 0 Å². The summed E-state index contributed by atoms with van der Waals surface area (Å²) in [5.74, 6) is 7.75. The zero-order chi connectivity index (χ0) is 30.4. The van der Waals surface area contributed by atoms with Crippen molar-refractivity contribution in [1.29, 1.82) is 0 Å². The summed E-state index contributed by atoms with van der Waals surface area (Å²) in [4.78, 5) is 18.1. The van der Waals surface area contributed by atoms with Crippen LogP contribution in [0.3, 0.4) is 0 Å². The summed E-state index contributed by atoms with van der Waals surface area (Å²) in [5.41, 5.74) is 10.9. The standard InChI is InChI=1S/C30H39N7O4S/c1-18-9-10-20(13-25(18)37(32)17-22(31)26-16-33-28(36(26)3)19-7-6-8-19)29(38)34-23-14-21(30(2)11-12-30)15-24(27(23)41-4)35-42(5,39)40/h9-10,13-17,19,35H,6-8,11-12,31-32H2,1-5H3,(H,34,38)/b22-17-. The number of hydrazine groups is 1. The first kappa shape index (κ1) is 29.5. The highest BCUT2D eigenvalue weighted by Crippen LogP contribution is 2.51. The van der Waals surface area contributed by atoms with E-state index in [1.807, 2.05) is 30.7 Å². The van der Waals surface area contributed by atoms with Gasteiger partial charge in [0.2, 0.25) is 10.0 Å². The van der Waals surface area contributed by atoms with Crippen LogP contribution in [0, 0.1) is 6.92 Å². The second kappa shape index (κ2) is 11.0. The number of hydrogen-bond donors (Lipinski definition) is 4. The Balaban J connectivity index is 1.42. The van der Waals surface area contributed by atoms with Crippen LogP contribution in [0.2, 0.25) is 0 Å². The minimum atomic E-state index is -3.59. The van der Waals surface area contributed by atoms with Crippen molar-refractivity contribution >= 4 is 38.7 Å². The Kier molecular flexibility index (Phi) is 7.71. The van der Waals surface area contributed by atoms with E-state index in [2.05, 4.69) is 21.9 Å². The third kappa shape index (κ3) is 5.95. The quantitative estimate of drug-likeness (QED) is 0.200. The van der Waals surface area contributed by atoms with E-state index in [-0.39, 0.29) is 16.9 Å². The Hall–Kier alpha value is -4.03. The molecule has 1 aromatic heterocycles. The molecule has 224 valence electrons. The number of nitrogens with one attached hydrogen (secondary N) is 2. The molecule has 0 unspecified atom stereocenters. The van der Waals surface area contributed by atoms with Gasteiger partial charge in [0.25, 0.3) is 5.91 Å². The van der Waals surface area contributed by atoms with E-state index in [4.69, 9.17) is 16.3 Å². The number of nitrogens with zero attached hydrogens (tertiary/aromatic N) is 3. The first-order valence-electron chi connectivity index (χ1n) is 13.9. The van der Waals surface area contributed by atoms with Gasteiger partial charge in [-0.15, -0.1) is 0 Å². The number of sulfonamides is 1. The molecule has 11 nitrogen and oxygen atoms in total. The summed E-state index contributed by atoms with van der Waals surface area (Å²) in [6.45, 7) is 4.00. The van der Waals surface area contributed by atoms with Gasteiger partial charge in [0.1, 0.15) is 5.82 Å². The van der Waals surface area contributed by atoms with Gasteiger partial charge in [-0.05, 0) is 73.4 Å². The summed E-state index contributed by atoms with van der Waals surface area (Å²) < 4.78 is 34.2. The normalized spacial score (nSPS) is 16.5. The second-order valence-corrected chi connectivity index (χ2v) is 13.4. The summed E-state index contributed by atoms with van der Waals surface area (Å²) in [6.07, 6.45) is 9.88. The van der Waals surface area contributed by atoms with Crippen LogP contribution < -0.4 is 31.4 Å². The van der Waals surface area contributed by atoms with Gasteiger partial charge in [0.15, 0.2) is 5.75 Å². The molecular weight excluding hydrogens is 554 g/mol. The monoisotopic (exact) mass is 593 g/mol. The van der Waals surface area contributed by atoms with Crippen molar-refractivity contribution in [2.24, 2.45) is 18.6 Å². The van der Waals surface area contributed by atoms with Crippen molar-refractivity contribution in [3.63, 3.8) is 0 Å². The lowest BCUT2D eigenvalue weighted by Crippen LogP contribution is -2.27. The van der Waals surface area contributed by atoms with Gasteiger partial charge in [-0.1, -0.05) is 19.4 Å². The van der Waals surface area contributed by atoms with Crippen molar-refractivity contribution in [3.05, 3.63) is 70.9 Å². The zero-order valence-corrected chi connectivity index (χ0v) is 25.5. The molecule has 0 spiro atoms. The number of methoxy groups -OCH3 is 1. The van der Waals surface area contributed by atoms with Gasteiger partial charge in [0, 0.05) is 24.7 Å². The van der Waals surface area contributed by atoms with Crippen LogP contribution in [0.25, 0.3) is 5.70 Å². The van der Waals surface area contributed by atoms with E-state index in [0.29, 0.717) is 28.6 Å². The fourth-order valence-corrected chi connectivity index (χ4v) is 5.84. The van der Waals surface area contributed by atoms with Crippen LogP contribution >= 0.6 is 0 Å². The van der Waals surface area contributed by atoms with E-state index < -0.39 is 15.9 Å². The molecule has 1 heterocycles. The van der Waals surface area contributed by atoms with Crippen LogP contribution in [0.4, 0.5) is 17.1 Å². The molecule has 12 heteroatoms. The Morgan fingerprint density at radius 2 is 1.90 bits per heavy atom. The number of aromatic nitrogens is 2. The molecule has 2 fully saturated rings. The zero-order valence-electron chi connectivity index (χ0n) is 24.7. The molecule has 2 aromatic carbocycles. The largest absolute Gasteiger partial charge is 0.492 e. The van der Waals surface area contributed by atoms with Crippen molar-refractivity contribution < 1.29 is 17.9 Å². The number of imidazole rings is 1. The fourth-order valence-electron chi connectivity index (χ4n) is 5.29. The lowest BCUT2D eigenvalue weighted by molar-refractivity contribution is 0.102. The number of ether oxygens (including phenoxy) is 1. The fraction of sp³-hybridized carbons (Fsp3) is 0.400. The van der Waals surface area contributed by atoms with E-state index in [1.165, 1.54) is 18.5 Å². The van der Waals surface area contributed by atoms with E-state index in [9.17, 15) is 13.2 Å². The van der Waals surface area contributed by atoms with Crippen molar-refractivity contribution in [2.45, 2.75) is 57.3 Å². The molecule has 2 aliphatic rings. The number of nitrogens with two attached hydrogens (primary N) is 2. The molecule has 0 atom stereocenters. The van der Waals surface area contributed by atoms with Crippen LogP contribution in [0.1, 0.15) is 77.9 Å².